The average molecular weight is 268 g/mol. The Hall–Kier alpha value is -0.723. The molecule has 3 N–H and O–H groups in total. The van der Waals surface area contributed by atoms with Crippen molar-refractivity contribution >= 4 is 14.5 Å². The first-order chi connectivity index (χ1) is 8.70. The Morgan fingerprint density at radius 1 is 1.22 bits per heavy atom. The van der Waals surface area contributed by atoms with E-state index < -0.39 is 9.28 Å². The average Bonchev–Trinajstić information content (AvgIpc) is 2.29. The highest BCUT2D eigenvalue weighted by Crippen LogP contribution is 2.07. The lowest BCUT2D eigenvalue weighted by atomic mass is 10.1. The van der Waals surface area contributed by atoms with E-state index in [9.17, 15) is 0 Å². The molecule has 0 amide bonds. The highest BCUT2D eigenvalue weighted by molar-refractivity contribution is 6.61. The monoisotopic (exact) mass is 268 g/mol. The van der Waals surface area contributed by atoms with Gasteiger partial charge in [-0.25, -0.2) is 0 Å². The van der Waals surface area contributed by atoms with Crippen LogP contribution in [-0.4, -0.2) is 36.6 Å². The van der Waals surface area contributed by atoms with Crippen molar-refractivity contribution in [3.63, 3.8) is 0 Å². The van der Waals surface area contributed by atoms with Crippen molar-refractivity contribution in [1.29, 1.82) is 0 Å². The molecule has 18 heavy (non-hydrogen) atoms. The summed E-state index contributed by atoms with van der Waals surface area (Å²) in [4.78, 5) is 0. The predicted molar refractivity (Wildman–Crippen MR) is 77.3 cm³/mol. The van der Waals surface area contributed by atoms with Crippen molar-refractivity contribution in [2.75, 3.05) is 27.3 Å². The molecule has 5 heteroatoms. The highest BCUT2D eigenvalue weighted by Gasteiger charge is 2.18. The van der Waals surface area contributed by atoms with E-state index in [2.05, 4.69) is 5.32 Å². The van der Waals surface area contributed by atoms with E-state index >= 15 is 0 Å². The Labute approximate surface area is 111 Å². The van der Waals surface area contributed by atoms with Gasteiger partial charge in [0.15, 0.2) is 0 Å². The second kappa shape index (κ2) is 8.39. The first kappa shape index (κ1) is 15.3. The van der Waals surface area contributed by atoms with E-state index in [4.69, 9.17) is 14.6 Å². The molecule has 1 heterocycles. The number of rotatable bonds is 4. The molecule has 1 aromatic carbocycles. The number of nitrogens with two attached hydrogens (primary N) is 1. The maximum Gasteiger partial charge on any atom is 0.355 e. The van der Waals surface area contributed by atoms with Gasteiger partial charge in [-0.1, -0.05) is 24.3 Å². The normalized spacial score (nSPS) is 15.6. The molecule has 1 saturated heterocycles. The summed E-state index contributed by atoms with van der Waals surface area (Å²) in [5.74, 6) is 0. The molecule has 1 aliphatic rings. The Balaban J connectivity index is 0.000000341. The van der Waals surface area contributed by atoms with Crippen LogP contribution in [0.3, 0.4) is 0 Å². The first-order valence-electron chi connectivity index (χ1n) is 6.31. The lowest BCUT2D eigenvalue weighted by Gasteiger charge is -2.17. The van der Waals surface area contributed by atoms with Gasteiger partial charge in [-0.05, 0) is 37.2 Å². The van der Waals surface area contributed by atoms with Gasteiger partial charge in [0.05, 0.1) is 0 Å². The number of hydrogen-bond donors (Lipinski definition) is 2. The molecule has 102 valence electrons. The van der Waals surface area contributed by atoms with Crippen LogP contribution in [0.4, 0.5) is 0 Å². The Morgan fingerprint density at radius 3 is 2.11 bits per heavy atom. The minimum Gasteiger partial charge on any atom is -0.397 e. The first-order valence-corrected chi connectivity index (χ1v) is 7.83. The molecular formula is C13H24N2O2Si. The zero-order valence-corrected chi connectivity index (χ0v) is 12.6. The van der Waals surface area contributed by atoms with E-state index in [0.717, 1.165) is 10.8 Å². The number of nitrogens with one attached hydrogen (secondary N) is 1. The van der Waals surface area contributed by atoms with Crippen molar-refractivity contribution in [2.24, 2.45) is 5.73 Å². The lowest BCUT2D eigenvalue weighted by Crippen LogP contribution is -2.38. The van der Waals surface area contributed by atoms with Crippen LogP contribution in [0.25, 0.3) is 0 Å². The molecule has 1 aromatic rings. The van der Waals surface area contributed by atoms with E-state index in [1.165, 1.54) is 19.5 Å². The Morgan fingerprint density at radius 2 is 1.72 bits per heavy atom. The van der Waals surface area contributed by atoms with Crippen molar-refractivity contribution in [3.05, 3.63) is 29.8 Å². The summed E-state index contributed by atoms with van der Waals surface area (Å²) in [5.41, 5.74) is 6.99. The summed E-state index contributed by atoms with van der Waals surface area (Å²) in [5, 5.41) is 4.24. The zero-order valence-electron chi connectivity index (χ0n) is 11.5. The summed E-state index contributed by atoms with van der Waals surface area (Å²) >= 11 is 0. The van der Waals surface area contributed by atoms with E-state index in [1.807, 2.05) is 31.2 Å². The topological polar surface area (TPSA) is 56.5 Å². The van der Waals surface area contributed by atoms with Crippen molar-refractivity contribution in [2.45, 2.75) is 19.4 Å². The van der Waals surface area contributed by atoms with Gasteiger partial charge in [0.1, 0.15) is 0 Å². The van der Waals surface area contributed by atoms with Crippen LogP contribution in [0.1, 0.15) is 24.9 Å². The third-order valence-corrected chi connectivity index (χ3v) is 4.77. The third-order valence-electron chi connectivity index (χ3n) is 2.88. The van der Waals surface area contributed by atoms with Gasteiger partial charge < -0.3 is 19.9 Å². The summed E-state index contributed by atoms with van der Waals surface area (Å²) in [6.07, 6.45) is 1.39. The van der Waals surface area contributed by atoms with Crippen LogP contribution < -0.4 is 16.2 Å². The SMILES string of the molecule is C1CNC1.CO[SiH](OC)c1ccccc1C(C)N. The summed E-state index contributed by atoms with van der Waals surface area (Å²) in [6, 6.07) is 8.05. The fourth-order valence-corrected chi connectivity index (χ4v) is 3.27. The minimum absolute atomic E-state index is 0.0199. The van der Waals surface area contributed by atoms with Gasteiger partial charge >= 0.3 is 9.28 Å². The van der Waals surface area contributed by atoms with E-state index in [1.54, 1.807) is 14.2 Å². The molecule has 1 atom stereocenters. The van der Waals surface area contributed by atoms with Gasteiger partial charge in [-0.3, -0.25) is 0 Å². The van der Waals surface area contributed by atoms with Crippen molar-refractivity contribution < 1.29 is 8.85 Å². The van der Waals surface area contributed by atoms with Crippen LogP contribution in [0.5, 0.6) is 0 Å². The van der Waals surface area contributed by atoms with Gasteiger partial charge in [0.25, 0.3) is 0 Å². The Bertz CT molecular complexity index is 336. The quantitative estimate of drug-likeness (QED) is 0.777. The molecule has 1 aliphatic heterocycles. The smallest absolute Gasteiger partial charge is 0.355 e. The second-order valence-corrected chi connectivity index (χ2v) is 6.55. The number of benzene rings is 1. The zero-order chi connectivity index (χ0) is 13.4. The van der Waals surface area contributed by atoms with Crippen molar-refractivity contribution in [1.82, 2.24) is 5.32 Å². The van der Waals surface area contributed by atoms with E-state index in [0.29, 0.717) is 0 Å². The number of hydrogen-bond acceptors (Lipinski definition) is 4. The molecule has 2 rings (SSSR count). The molecule has 1 unspecified atom stereocenters. The minimum atomic E-state index is -1.73. The lowest BCUT2D eigenvalue weighted by molar-refractivity contribution is 0.291. The largest absolute Gasteiger partial charge is 0.397 e. The van der Waals surface area contributed by atoms with Crippen molar-refractivity contribution in [3.8, 4) is 0 Å². The Kier molecular flexibility index (Phi) is 7.15. The molecule has 1 fully saturated rings. The van der Waals surface area contributed by atoms with Gasteiger partial charge in [-0.2, -0.15) is 0 Å². The fraction of sp³-hybridized carbons (Fsp3) is 0.538. The molecule has 4 nitrogen and oxygen atoms in total. The van der Waals surface area contributed by atoms with Gasteiger partial charge in [-0.15, -0.1) is 0 Å². The van der Waals surface area contributed by atoms with Crippen LogP contribution >= 0.6 is 0 Å². The van der Waals surface area contributed by atoms with E-state index in [-0.39, 0.29) is 6.04 Å². The summed E-state index contributed by atoms with van der Waals surface area (Å²) in [6.45, 7) is 4.47. The maximum absolute atomic E-state index is 5.87. The summed E-state index contributed by atoms with van der Waals surface area (Å²) in [7, 11) is 1.63. The van der Waals surface area contributed by atoms with Crippen LogP contribution in [-0.2, 0) is 8.85 Å². The third kappa shape index (κ3) is 4.51. The standard InChI is InChI=1S/C10H17NO2Si.C3H7N/c1-8(11)9-6-4-5-7-10(9)14(12-2)13-3;1-2-4-3-1/h4-8,14H,11H2,1-3H3;4H,1-3H2. The second-order valence-electron chi connectivity index (χ2n) is 4.32. The molecule has 0 aromatic heterocycles. The fourth-order valence-electron chi connectivity index (χ4n) is 1.67. The van der Waals surface area contributed by atoms with Gasteiger partial charge in [0, 0.05) is 20.3 Å². The molecule has 0 saturated carbocycles. The predicted octanol–water partition coefficient (Wildman–Crippen LogP) is 0.406. The molecule has 0 spiro atoms. The van der Waals surface area contributed by atoms with Crippen LogP contribution in [0, 0.1) is 0 Å². The highest BCUT2D eigenvalue weighted by atomic mass is 28.3. The van der Waals surface area contributed by atoms with Gasteiger partial charge in [0.2, 0.25) is 0 Å². The summed E-state index contributed by atoms with van der Waals surface area (Å²) < 4.78 is 10.7. The maximum atomic E-state index is 5.87. The molecular weight excluding hydrogens is 244 g/mol. The molecule has 0 radical (unpaired) electrons. The molecule has 0 aliphatic carbocycles. The van der Waals surface area contributed by atoms with Crippen LogP contribution in [0.2, 0.25) is 0 Å². The molecule has 0 bridgehead atoms. The van der Waals surface area contributed by atoms with Crippen LogP contribution in [0.15, 0.2) is 24.3 Å².